The minimum absolute atomic E-state index is 0.0648. The Morgan fingerprint density at radius 2 is 2.10 bits per heavy atom. The van der Waals surface area contributed by atoms with Crippen LogP contribution in [0.3, 0.4) is 0 Å². The summed E-state index contributed by atoms with van der Waals surface area (Å²) < 4.78 is 2.11. The molecule has 8 heteroatoms. The fourth-order valence-corrected chi connectivity index (χ4v) is 5.37. The van der Waals surface area contributed by atoms with Crippen molar-refractivity contribution in [2.45, 2.75) is 39.2 Å². The van der Waals surface area contributed by atoms with Crippen LogP contribution in [0.5, 0.6) is 0 Å². The third kappa shape index (κ3) is 3.31. The van der Waals surface area contributed by atoms with Crippen LogP contribution in [0.4, 0.5) is 5.13 Å². The first-order valence-corrected chi connectivity index (χ1v) is 11.4. The molecule has 2 N–H and O–H groups in total. The second-order valence-corrected chi connectivity index (χ2v) is 9.29. The number of aliphatic hydroxyl groups excluding tert-OH is 1. The van der Waals surface area contributed by atoms with Gasteiger partial charge in [-0.3, -0.25) is 9.78 Å². The summed E-state index contributed by atoms with van der Waals surface area (Å²) in [5.41, 5.74) is 7.28. The number of nitrogens with zero attached hydrogens (tertiary/aromatic N) is 3. The molecule has 0 unspecified atom stereocenters. The molecule has 3 heterocycles. The van der Waals surface area contributed by atoms with E-state index in [2.05, 4.69) is 20.3 Å². The molecule has 6 nitrogen and oxygen atoms in total. The molecule has 0 saturated heterocycles. The van der Waals surface area contributed by atoms with Gasteiger partial charge in [0.25, 0.3) is 0 Å². The van der Waals surface area contributed by atoms with Crippen molar-refractivity contribution in [3.05, 3.63) is 35.1 Å². The summed E-state index contributed by atoms with van der Waals surface area (Å²) in [4.78, 5) is 25.9. The number of thiazole rings is 2. The predicted molar refractivity (Wildman–Crippen MR) is 117 cm³/mol. The number of aromatic nitrogens is 3. The van der Waals surface area contributed by atoms with Crippen molar-refractivity contribution in [1.29, 1.82) is 0 Å². The number of hydrogen-bond acceptors (Lipinski definition) is 7. The van der Waals surface area contributed by atoms with Gasteiger partial charge in [-0.1, -0.05) is 18.3 Å². The van der Waals surface area contributed by atoms with Crippen LogP contribution < -0.4 is 5.32 Å². The summed E-state index contributed by atoms with van der Waals surface area (Å²) >= 11 is 3.08. The van der Waals surface area contributed by atoms with Gasteiger partial charge in [-0.25, -0.2) is 9.97 Å². The van der Waals surface area contributed by atoms with E-state index >= 15 is 0 Å². The number of carbonyl (C=O) groups excluding carboxylic acids is 1. The Morgan fingerprint density at radius 3 is 2.83 bits per heavy atom. The van der Waals surface area contributed by atoms with Crippen molar-refractivity contribution >= 4 is 54.1 Å². The molecule has 3 aromatic heterocycles. The zero-order valence-electron chi connectivity index (χ0n) is 16.1. The molecule has 0 spiro atoms. The van der Waals surface area contributed by atoms with Crippen LogP contribution in [0.15, 0.2) is 23.8 Å². The molecular formula is C21H20N4O2S2. The highest BCUT2D eigenvalue weighted by atomic mass is 32.1. The van der Waals surface area contributed by atoms with E-state index < -0.39 is 6.10 Å². The normalized spacial score (nSPS) is 15.1. The van der Waals surface area contributed by atoms with Crippen molar-refractivity contribution in [1.82, 2.24) is 15.0 Å². The van der Waals surface area contributed by atoms with Crippen molar-refractivity contribution in [2.75, 3.05) is 5.32 Å². The van der Waals surface area contributed by atoms with Gasteiger partial charge in [0.15, 0.2) is 5.13 Å². The number of nitrogens with one attached hydrogen (secondary N) is 1. The number of aryl methyl sites for hydroxylation is 1. The molecule has 1 amide bonds. The SMILES string of the molecule is CC[C@H](O)c1cc(C)c(-c2cc3nc(NC(=O)C4CC4)sc3c3scnc23)cn1. The Hall–Kier alpha value is -2.42. The first-order valence-electron chi connectivity index (χ1n) is 9.67. The zero-order valence-corrected chi connectivity index (χ0v) is 17.7. The van der Waals surface area contributed by atoms with Crippen molar-refractivity contribution in [2.24, 2.45) is 5.92 Å². The standard InChI is InChI=1S/C21H20N4O2S2/c1-3-16(26)14-6-10(2)13(8-22-14)12-7-15-18(19-17(12)23-9-28-19)29-21(24-15)25-20(27)11-4-5-11/h6-9,11,16,26H,3-5H2,1-2H3,(H,24,25,27)/t16-/m0/s1. The van der Waals surface area contributed by atoms with E-state index in [0.717, 1.165) is 50.0 Å². The minimum Gasteiger partial charge on any atom is -0.387 e. The van der Waals surface area contributed by atoms with E-state index in [1.807, 2.05) is 37.7 Å². The zero-order chi connectivity index (χ0) is 20.1. The number of amides is 1. The third-order valence-corrected chi connectivity index (χ3v) is 7.27. The molecule has 4 aromatic rings. The second kappa shape index (κ2) is 7.12. The lowest BCUT2D eigenvalue weighted by Gasteiger charge is -2.12. The number of fused-ring (bicyclic) bond motifs is 3. The van der Waals surface area contributed by atoms with Gasteiger partial charge in [-0.05, 0) is 43.9 Å². The molecule has 29 heavy (non-hydrogen) atoms. The van der Waals surface area contributed by atoms with Gasteiger partial charge < -0.3 is 10.4 Å². The van der Waals surface area contributed by atoms with Crippen molar-refractivity contribution < 1.29 is 9.90 Å². The van der Waals surface area contributed by atoms with Gasteiger partial charge in [0, 0.05) is 23.2 Å². The average Bonchev–Trinajstić information content (AvgIpc) is 3.31. The van der Waals surface area contributed by atoms with Gasteiger partial charge in [0.2, 0.25) is 5.91 Å². The van der Waals surface area contributed by atoms with E-state index in [1.54, 1.807) is 11.3 Å². The molecule has 1 saturated carbocycles. The number of carbonyl (C=O) groups is 1. The molecule has 1 aliphatic carbocycles. The van der Waals surface area contributed by atoms with Crippen LogP contribution in [0.25, 0.3) is 31.6 Å². The van der Waals surface area contributed by atoms with Crippen LogP contribution in [-0.2, 0) is 4.79 Å². The highest BCUT2D eigenvalue weighted by Crippen LogP contribution is 2.41. The van der Waals surface area contributed by atoms with Gasteiger partial charge in [-0.15, -0.1) is 11.3 Å². The summed E-state index contributed by atoms with van der Waals surface area (Å²) in [7, 11) is 0. The summed E-state index contributed by atoms with van der Waals surface area (Å²) in [6.45, 7) is 3.96. The summed E-state index contributed by atoms with van der Waals surface area (Å²) in [5, 5.41) is 13.7. The summed E-state index contributed by atoms with van der Waals surface area (Å²) in [5.74, 6) is 0.210. The largest absolute Gasteiger partial charge is 0.387 e. The molecule has 0 bridgehead atoms. The number of hydrogen-bond donors (Lipinski definition) is 2. The molecule has 0 aliphatic heterocycles. The van der Waals surface area contributed by atoms with Crippen molar-refractivity contribution in [3.63, 3.8) is 0 Å². The second-order valence-electron chi connectivity index (χ2n) is 7.43. The maximum Gasteiger partial charge on any atom is 0.229 e. The number of aliphatic hydroxyl groups is 1. The monoisotopic (exact) mass is 424 g/mol. The van der Waals surface area contributed by atoms with E-state index in [4.69, 9.17) is 0 Å². The van der Waals surface area contributed by atoms with Gasteiger partial charge in [0.1, 0.15) is 0 Å². The Morgan fingerprint density at radius 1 is 1.28 bits per heavy atom. The van der Waals surface area contributed by atoms with Crippen LogP contribution in [-0.4, -0.2) is 26.0 Å². The minimum atomic E-state index is -0.555. The molecule has 1 aliphatic rings. The third-order valence-electron chi connectivity index (χ3n) is 5.29. The molecule has 1 aromatic carbocycles. The number of rotatable bonds is 5. The number of benzene rings is 1. The summed E-state index contributed by atoms with van der Waals surface area (Å²) in [6, 6.07) is 3.97. The average molecular weight is 425 g/mol. The van der Waals surface area contributed by atoms with Crippen LogP contribution in [0, 0.1) is 12.8 Å². The van der Waals surface area contributed by atoms with Crippen LogP contribution >= 0.6 is 22.7 Å². The van der Waals surface area contributed by atoms with Crippen molar-refractivity contribution in [3.8, 4) is 11.1 Å². The Balaban J connectivity index is 1.62. The van der Waals surface area contributed by atoms with E-state index in [1.165, 1.54) is 11.3 Å². The first-order chi connectivity index (χ1) is 14.0. The number of pyridine rings is 1. The highest BCUT2D eigenvalue weighted by molar-refractivity contribution is 7.28. The molecule has 5 rings (SSSR count). The smallest absolute Gasteiger partial charge is 0.229 e. The molecular weight excluding hydrogens is 404 g/mol. The highest BCUT2D eigenvalue weighted by Gasteiger charge is 2.30. The van der Waals surface area contributed by atoms with E-state index in [0.29, 0.717) is 17.2 Å². The van der Waals surface area contributed by atoms with Crippen LogP contribution in [0.1, 0.15) is 43.5 Å². The molecule has 1 atom stereocenters. The van der Waals surface area contributed by atoms with Gasteiger partial charge in [0.05, 0.1) is 37.7 Å². The van der Waals surface area contributed by atoms with Crippen LogP contribution in [0.2, 0.25) is 0 Å². The lowest BCUT2D eigenvalue weighted by Crippen LogP contribution is -2.12. The Kier molecular flexibility index (Phi) is 4.57. The van der Waals surface area contributed by atoms with Gasteiger partial charge >= 0.3 is 0 Å². The first kappa shape index (κ1) is 18.6. The molecule has 148 valence electrons. The molecule has 0 radical (unpaired) electrons. The summed E-state index contributed by atoms with van der Waals surface area (Å²) in [6.07, 6.45) is 3.82. The Labute approximate surface area is 175 Å². The maximum atomic E-state index is 12.1. The van der Waals surface area contributed by atoms with E-state index in [-0.39, 0.29) is 11.8 Å². The van der Waals surface area contributed by atoms with E-state index in [9.17, 15) is 9.90 Å². The predicted octanol–water partition coefficient (Wildman–Crippen LogP) is 5.07. The maximum absolute atomic E-state index is 12.1. The lowest BCUT2D eigenvalue weighted by molar-refractivity contribution is -0.117. The fraction of sp³-hybridized carbons (Fsp3) is 0.333. The number of anilines is 1. The molecule has 1 fully saturated rings. The lowest BCUT2D eigenvalue weighted by atomic mass is 9.99. The fourth-order valence-electron chi connectivity index (χ4n) is 3.46. The van der Waals surface area contributed by atoms with Gasteiger partial charge in [-0.2, -0.15) is 0 Å². The topological polar surface area (TPSA) is 88.0 Å². The Bertz CT molecular complexity index is 1240. The quantitative estimate of drug-likeness (QED) is 0.467.